The van der Waals surface area contributed by atoms with E-state index in [1.54, 1.807) is 6.92 Å². The third-order valence-electron chi connectivity index (χ3n) is 2.59. The molecule has 98 valence electrons. The summed E-state index contributed by atoms with van der Waals surface area (Å²) in [4.78, 5) is 15.2. The maximum absolute atomic E-state index is 11.0. The van der Waals surface area contributed by atoms with Crippen LogP contribution in [0.15, 0.2) is 30.3 Å². The van der Waals surface area contributed by atoms with Crippen LogP contribution in [0.25, 0.3) is 0 Å². The van der Waals surface area contributed by atoms with Gasteiger partial charge in [0.05, 0.1) is 16.3 Å². The Morgan fingerprint density at radius 2 is 2.00 bits per heavy atom. The molecule has 1 heterocycles. The second-order valence-electron chi connectivity index (χ2n) is 4.30. The molecule has 0 atom stereocenters. The number of aromatic nitrogens is 1. The lowest BCUT2D eigenvalue weighted by Crippen LogP contribution is -2.02. The standard InChI is InChI=1S/C14H13ClN2O2/c1-8-3-4-12(11(15)5-8)17-13-7-10(14(18)19)6-9(2)16-13/h3-7H,1-2H3,(H,16,17)(H,18,19). The monoisotopic (exact) mass is 276 g/mol. The highest BCUT2D eigenvalue weighted by atomic mass is 35.5. The number of rotatable bonds is 3. The number of aromatic carboxylic acids is 1. The van der Waals surface area contributed by atoms with Gasteiger partial charge in [-0.2, -0.15) is 0 Å². The molecule has 1 aromatic carbocycles. The molecule has 4 nitrogen and oxygen atoms in total. The van der Waals surface area contributed by atoms with Gasteiger partial charge in [-0.25, -0.2) is 9.78 Å². The second-order valence-corrected chi connectivity index (χ2v) is 4.70. The Morgan fingerprint density at radius 3 is 2.63 bits per heavy atom. The molecule has 0 aliphatic heterocycles. The Bertz CT molecular complexity index is 641. The summed E-state index contributed by atoms with van der Waals surface area (Å²) in [6.45, 7) is 3.69. The van der Waals surface area contributed by atoms with Gasteiger partial charge in [0, 0.05) is 5.69 Å². The van der Waals surface area contributed by atoms with E-state index in [1.807, 2.05) is 25.1 Å². The van der Waals surface area contributed by atoms with Crippen molar-refractivity contribution >= 4 is 29.1 Å². The van der Waals surface area contributed by atoms with Crippen LogP contribution in [0, 0.1) is 13.8 Å². The summed E-state index contributed by atoms with van der Waals surface area (Å²) in [6.07, 6.45) is 0. The first kappa shape index (κ1) is 13.4. The van der Waals surface area contributed by atoms with E-state index >= 15 is 0 Å². The molecule has 0 aliphatic rings. The zero-order chi connectivity index (χ0) is 14.0. The largest absolute Gasteiger partial charge is 0.478 e. The number of aryl methyl sites for hydroxylation is 2. The lowest BCUT2D eigenvalue weighted by Gasteiger charge is -2.09. The van der Waals surface area contributed by atoms with Crippen molar-refractivity contribution in [3.63, 3.8) is 0 Å². The van der Waals surface area contributed by atoms with Crippen LogP contribution in [-0.4, -0.2) is 16.1 Å². The van der Waals surface area contributed by atoms with Crippen molar-refractivity contribution in [2.75, 3.05) is 5.32 Å². The Kier molecular flexibility index (Phi) is 3.71. The maximum atomic E-state index is 11.0. The van der Waals surface area contributed by atoms with E-state index in [-0.39, 0.29) is 5.56 Å². The first-order valence-corrected chi connectivity index (χ1v) is 6.08. The number of halogens is 1. The van der Waals surface area contributed by atoms with Gasteiger partial charge in [-0.15, -0.1) is 0 Å². The van der Waals surface area contributed by atoms with Crippen molar-refractivity contribution in [2.24, 2.45) is 0 Å². The van der Waals surface area contributed by atoms with Crippen molar-refractivity contribution in [1.82, 2.24) is 4.98 Å². The van der Waals surface area contributed by atoms with Gasteiger partial charge in [0.25, 0.3) is 0 Å². The molecule has 2 N–H and O–H groups in total. The first-order chi connectivity index (χ1) is 8.95. The summed E-state index contributed by atoms with van der Waals surface area (Å²) in [5, 5.41) is 12.6. The smallest absolute Gasteiger partial charge is 0.335 e. The van der Waals surface area contributed by atoms with Crippen LogP contribution in [0.2, 0.25) is 5.02 Å². The van der Waals surface area contributed by atoms with Crippen LogP contribution in [-0.2, 0) is 0 Å². The lowest BCUT2D eigenvalue weighted by molar-refractivity contribution is 0.0696. The fourth-order valence-electron chi connectivity index (χ4n) is 1.72. The highest BCUT2D eigenvalue weighted by Gasteiger charge is 2.08. The Labute approximate surface area is 116 Å². The van der Waals surface area contributed by atoms with E-state index in [4.69, 9.17) is 16.7 Å². The fourth-order valence-corrected chi connectivity index (χ4v) is 2.00. The summed E-state index contributed by atoms with van der Waals surface area (Å²) in [7, 11) is 0. The maximum Gasteiger partial charge on any atom is 0.335 e. The number of hydrogen-bond donors (Lipinski definition) is 2. The van der Waals surface area contributed by atoms with E-state index in [9.17, 15) is 4.79 Å². The number of nitrogens with one attached hydrogen (secondary N) is 1. The molecule has 0 aliphatic carbocycles. The molecule has 19 heavy (non-hydrogen) atoms. The number of nitrogens with zero attached hydrogens (tertiary/aromatic N) is 1. The average Bonchev–Trinajstić information content (AvgIpc) is 2.32. The van der Waals surface area contributed by atoms with Gasteiger partial charge in [-0.05, 0) is 43.7 Å². The zero-order valence-electron chi connectivity index (χ0n) is 10.6. The van der Waals surface area contributed by atoms with Crippen LogP contribution < -0.4 is 5.32 Å². The molecule has 0 saturated heterocycles. The number of carboxylic acids is 1. The van der Waals surface area contributed by atoms with Crippen LogP contribution in [0.5, 0.6) is 0 Å². The van der Waals surface area contributed by atoms with Crippen LogP contribution in [0.3, 0.4) is 0 Å². The topological polar surface area (TPSA) is 62.2 Å². The highest BCUT2D eigenvalue weighted by Crippen LogP contribution is 2.26. The normalized spacial score (nSPS) is 10.3. The molecule has 2 aromatic rings. The predicted molar refractivity (Wildman–Crippen MR) is 75.4 cm³/mol. The van der Waals surface area contributed by atoms with E-state index in [0.29, 0.717) is 22.2 Å². The van der Waals surface area contributed by atoms with Gasteiger partial charge in [-0.3, -0.25) is 0 Å². The van der Waals surface area contributed by atoms with Gasteiger partial charge in [0.2, 0.25) is 0 Å². The van der Waals surface area contributed by atoms with Gasteiger partial charge >= 0.3 is 5.97 Å². The van der Waals surface area contributed by atoms with Crippen molar-refractivity contribution in [2.45, 2.75) is 13.8 Å². The number of anilines is 2. The third-order valence-corrected chi connectivity index (χ3v) is 2.90. The summed E-state index contributed by atoms with van der Waals surface area (Å²) in [5.41, 5.74) is 2.57. The average molecular weight is 277 g/mol. The van der Waals surface area contributed by atoms with Gasteiger partial charge in [0.1, 0.15) is 5.82 Å². The number of benzene rings is 1. The zero-order valence-corrected chi connectivity index (χ0v) is 11.3. The van der Waals surface area contributed by atoms with Crippen LogP contribution in [0.1, 0.15) is 21.6 Å². The minimum Gasteiger partial charge on any atom is -0.478 e. The quantitative estimate of drug-likeness (QED) is 0.895. The Morgan fingerprint density at radius 1 is 1.26 bits per heavy atom. The molecule has 0 fully saturated rings. The Balaban J connectivity index is 2.35. The van der Waals surface area contributed by atoms with Crippen molar-refractivity contribution in [3.05, 3.63) is 52.2 Å². The summed E-state index contributed by atoms with van der Waals surface area (Å²) in [5.74, 6) is -0.522. The number of carboxylic acid groups (broad SMARTS) is 1. The molecule has 0 amide bonds. The highest BCUT2D eigenvalue weighted by molar-refractivity contribution is 6.33. The van der Waals surface area contributed by atoms with Gasteiger partial charge in [-0.1, -0.05) is 17.7 Å². The van der Waals surface area contributed by atoms with E-state index in [0.717, 1.165) is 5.56 Å². The molecule has 0 radical (unpaired) electrons. The lowest BCUT2D eigenvalue weighted by atomic mass is 10.2. The van der Waals surface area contributed by atoms with E-state index < -0.39 is 5.97 Å². The van der Waals surface area contributed by atoms with Crippen molar-refractivity contribution in [1.29, 1.82) is 0 Å². The molecule has 0 spiro atoms. The number of pyridine rings is 1. The van der Waals surface area contributed by atoms with Gasteiger partial charge < -0.3 is 10.4 Å². The number of hydrogen-bond acceptors (Lipinski definition) is 3. The molecule has 0 saturated carbocycles. The molecule has 5 heteroatoms. The summed E-state index contributed by atoms with van der Waals surface area (Å²) < 4.78 is 0. The summed E-state index contributed by atoms with van der Waals surface area (Å²) >= 11 is 6.11. The molecule has 0 unspecified atom stereocenters. The molecule has 0 bridgehead atoms. The van der Waals surface area contributed by atoms with E-state index in [1.165, 1.54) is 12.1 Å². The summed E-state index contributed by atoms with van der Waals surface area (Å²) in [6, 6.07) is 8.58. The van der Waals surface area contributed by atoms with Gasteiger partial charge in [0.15, 0.2) is 0 Å². The first-order valence-electron chi connectivity index (χ1n) is 5.71. The van der Waals surface area contributed by atoms with E-state index in [2.05, 4.69) is 10.3 Å². The predicted octanol–water partition coefficient (Wildman–Crippen LogP) is 3.79. The van der Waals surface area contributed by atoms with Crippen LogP contribution >= 0.6 is 11.6 Å². The number of carbonyl (C=O) groups is 1. The SMILES string of the molecule is Cc1ccc(Nc2cc(C(=O)O)cc(C)n2)c(Cl)c1. The third kappa shape index (κ3) is 3.23. The van der Waals surface area contributed by atoms with Crippen molar-refractivity contribution in [3.8, 4) is 0 Å². The molecular formula is C14H13ClN2O2. The molecule has 1 aromatic heterocycles. The molecular weight excluding hydrogens is 264 g/mol. The minimum atomic E-state index is -0.983. The fraction of sp³-hybridized carbons (Fsp3) is 0.143. The minimum absolute atomic E-state index is 0.193. The van der Waals surface area contributed by atoms with Crippen molar-refractivity contribution < 1.29 is 9.90 Å². The van der Waals surface area contributed by atoms with Crippen LogP contribution in [0.4, 0.5) is 11.5 Å². The second kappa shape index (κ2) is 5.28. The Hall–Kier alpha value is -2.07. The molecule has 2 rings (SSSR count).